The Bertz CT molecular complexity index is 835. The molecule has 1 aromatic carbocycles. The third-order valence-electron chi connectivity index (χ3n) is 5.35. The monoisotopic (exact) mass is 359 g/mol. The van der Waals surface area contributed by atoms with Crippen LogP contribution >= 0.6 is 11.8 Å². The maximum absolute atomic E-state index is 12.5. The van der Waals surface area contributed by atoms with Crippen LogP contribution in [-0.2, 0) is 28.9 Å². The number of carbonyl (C=O) groups excluding carboxylic acids is 1. The highest BCUT2D eigenvalue weighted by molar-refractivity contribution is 7.99. The molecule has 1 aromatic heterocycles. The van der Waals surface area contributed by atoms with Crippen molar-refractivity contribution >= 4 is 34.6 Å². The highest BCUT2D eigenvalue weighted by Gasteiger charge is 2.41. The lowest BCUT2D eigenvalue weighted by molar-refractivity contribution is -0.148. The zero-order valence-electron chi connectivity index (χ0n) is 14.0. The zero-order valence-corrected chi connectivity index (χ0v) is 14.8. The van der Waals surface area contributed by atoms with Gasteiger partial charge in [0.05, 0.1) is 12.7 Å². The summed E-state index contributed by atoms with van der Waals surface area (Å²) in [6.45, 7) is 0. The highest BCUT2D eigenvalue weighted by Crippen LogP contribution is 2.31. The zero-order chi connectivity index (χ0) is 17.4. The number of carboxylic acid groups (broad SMARTS) is 1. The largest absolute Gasteiger partial charge is 0.480 e. The van der Waals surface area contributed by atoms with Gasteiger partial charge in [0.15, 0.2) is 0 Å². The van der Waals surface area contributed by atoms with E-state index in [0.717, 1.165) is 47.3 Å². The summed E-state index contributed by atoms with van der Waals surface area (Å²) in [5.41, 5.74) is 3.19. The summed E-state index contributed by atoms with van der Waals surface area (Å²) in [5, 5.41) is 13.4. The molecule has 0 bridgehead atoms. The lowest BCUT2D eigenvalue weighted by atomic mass is 9.92. The van der Waals surface area contributed by atoms with E-state index in [1.165, 1.54) is 11.1 Å². The topological polar surface area (TPSA) is 79.5 Å². The maximum atomic E-state index is 12.5. The number of aryl methyl sites for hydroxylation is 2. The highest BCUT2D eigenvalue weighted by atomic mass is 32.2. The molecule has 2 N–H and O–H groups in total. The van der Waals surface area contributed by atoms with Crippen molar-refractivity contribution in [1.29, 1.82) is 0 Å². The van der Waals surface area contributed by atoms with Crippen LogP contribution in [0.15, 0.2) is 22.8 Å². The molecule has 2 aliphatic rings. The Kier molecular flexibility index (Phi) is 4.23. The number of carbonyl (C=O) groups is 2. The minimum atomic E-state index is -1.12. The summed E-state index contributed by atoms with van der Waals surface area (Å²) >= 11 is 1.73. The quantitative estimate of drug-likeness (QED) is 0.877. The van der Waals surface area contributed by atoms with E-state index in [1.54, 1.807) is 18.0 Å². The second kappa shape index (κ2) is 6.41. The predicted octanol–water partition coefficient (Wildman–Crippen LogP) is 2.93. The molecule has 0 atom stereocenters. The first kappa shape index (κ1) is 16.5. The fraction of sp³-hybridized carbons (Fsp3) is 0.474. The van der Waals surface area contributed by atoms with Gasteiger partial charge in [-0.1, -0.05) is 0 Å². The Morgan fingerprint density at radius 3 is 2.64 bits per heavy atom. The normalized spacial score (nSPS) is 18.9. The number of nitrogens with one attached hydrogen (secondary N) is 1. The molecular weight excluding hydrogens is 338 g/mol. The molecule has 1 amide bonds. The van der Waals surface area contributed by atoms with Crippen LogP contribution in [0.5, 0.6) is 0 Å². The predicted molar refractivity (Wildman–Crippen MR) is 97.0 cm³/mol. The number of benzene rings is 1. The van der Waals surface area contributed by atoms with Crippen LogP contribution in [0.4, 0.5) is 0 Å². The van der Waals surface area contributed by atoms with Crippen molar-refractivity contribution in [3.05, 3.63) is 35.1 Å². The van der Waals surface area contributed by atoms with Gasteiger partial charge in [-0.2, -0.15) is 11.8 Å². The summed E-state index contributed by atoms with van der Waals surface area (Å²) in [5.74, 6) is 0.328. The van der Waals surface area contributed by atoms with E-state index >= 15 is 0 Å². The number of thioether (sulfide) groups is 1. The molecule has 6 heteroatoms. The summed E-state index contributed by atoms with van der Waals surface area (Å²) in [6, 6.07) is 4.21. The lowest BCUT2D eigenvalue weighted by Gasteiger charge is -2.33. The maximum Gasteiger partial charge on any atom is 0.329 e. The first-order valence-corrected chi connectivity index (χ1v) is 9.87. The van der Waals surface area contributed by atoms with E-state index in [0.29, 0.717) is 12.8 Å². The van der Waals surface area contributed by atoms with Gasteiger partial charge < -0.3 is 14.8 Å². The summed E-state index contributed by atoms with van der Waals surface area (Å²) in [6.07, 6.45) is 6.04. The third-order valence-corrected chi connectivity index (χ3v) is 6.34. The van der Waals surface area contributed by atoms with Gasteiger partial charge in [-0.15, -0.1) is 0 Å². The van der Waals surface area contributed by atoms with Crippen molar-refractivity contribution in [1.82, 2.24) is 5.32 Å². The number of amides is 1. The van der Waals surface area contributed by atoms with Crippen molar-refractivity contribution in [2.24, 2.45) is 0 Å². The molecule has 1 aliphatic carbocycles. The lowest BCUT2D eigenvalue weighted by Crippen LogP contribution is -2.56. The third kappa shape index (κ3) is 3.03. The van der Waals surface area contributed by atoms with Crippen LogP contribution < -0.4 is 5.32 Å². The molecule has 1 saturated heterocycles. The molecule has 2 aromatic rings. The van der Waals surface area contributed by atoms with Gasteiger partial charge >= 0.3 is 5.97 Å². The number of rotatable bonds is 4. The molecule has 0 spiro atoms. The molecule has 1 fully saturated rings. The van der Waals surface area contributed by atoms with Crippen LogP contribution in [0.2, 0.25) is 0 Å². The second-order valence-electron chi connectivity index (χ2n) is 6.96. The summed E-state index contributed by atoms with van der Waals surface area (Å²) in [4.78, 5) is 24.3. The minimum Gasteiger partial charge on any atom is -0.480 e. The molecule has 2 heterocycles. The fourth-order valence-corrected chi connectivity index (χ4v) is 5.07. The van der Waals surface area contributed by atoms with Gasteiger partial charge in [0, 0.05) is 10.9 Å². The summed E-state index contributed by atoms with van der Waals surface area (Å²) < 4.78 is 5.64. The van der Waals surface area contributed by atoms with Crippen LogP contribution in [0, 0.1) is 0 Å². The average Bonchev–Trinajstić information content (AvgIpc) is 3.20. The Labute approximate surface area is 150 Å². The van der Waals surface area contributed by atoms with Gasteiger partial charge in [0.1, 0.15) is 11.1 Å². The Hall–Kier alpha value is -1.95. The molecule has 4 rings (SSSR count). The molecule has 5 nitrogen and oxygen atoms in total. The van der Waals surface area contributed by atoms with Crippen molar-refractivity contribution < 1.29 is 19.1 Å². The van der Waals surface area contributed by atoms with Crippen LogP contribution in [0.3, 0.4) is 0 Å². The standard InChI is InChI=1S/C19H21NO4S/c21-17(20-19(18(22)23)4-6-25-7-5-19)10-14-11-24-16-9-13-3-1-2-12(13)8-15(14)16/h8-9,11H,1-7,10H2,(H,20,21)(H,22,23). The Morgan fingerprint density at radius 2 is 1.92 bits per heavy atom. The number of aliphatic carboxylic acids is 1. The first-order chi connectivity index (χ1) is 12.1. The number of hydrogen-bond donors (Lipinski definition) is 2. The molecule has 132 valence electrons. The van der Waals surface area contributed by atoms with Crippen LogP contribution in [0.25, 0.3) is 11.0 Å². The van der Waals surface area contributed by atoms with Crippen molar-refractivity contribution in [2.75, 3.05) is 11.5 Å². The number of furan rings is 1. The van der Waals surface area contributed by atoms with E-state index in [-0.39, 0.29) is 12.3 Å². The smallest absolute Gasteiger partial charge is 0.329 e. The van der Waals surface area contributed by atoms with Crippen LogP contribution in [-0.4, -0.2) is 34.0 Å². The van der Waals surface area contributed by atoms with Gasteiger partial charge in [0.25, 0.3) is 0 Å². The molecule has 1 aliphatic heterocycles. The van der Waals surface area contributed by atoms with Crippen molar-refractivity contribution in [3.8, 4) is 0 Å². The van der Waals surface area contributed by atoms with Gasteiger partial charge in [-0.05, 0) is 66.9 Å². The van der Waals surface area contributed by atoms with E-state index in [9.17, 15) is 14.7 Å². The molecule has 0 radical (unpaired) electrons. The minimum absolute atomic E-state index is 0.147. The first-order valence-electron chi connectivity index (χ1n) is 8.71. The van der Waals surface area contributed by atoms with E-state index in [1.807, 2.05) is 0 Å². The molecule has 0 unspecified atom stereocenters. The number of carboxylic acids is 1. The summed E-state index contributed by atoms with van der Waals surface area (Å²) in [7, 11) is 0. The van der Waals surface area contributed by atoms with Gasteiger partial charge in [-0.25, -0.2) is 4.79 Å². The Morgan fingerprint density at radius 1 is 1.20 bits per heavy atom. The second-order valence-corrected chi connectivity index (χ2v) is 8.18. The van der Waals surface area contributed by atoms with Crippen molar-refractivity contribution in [2.45, 2.75) is 44.1 Å². The van der Waals surface area contributed by atoms with E-state index < -0.39 is 11.5 Å². The molecule has 25 heavy (non-hydrogen) atoms. The van der Waals surface area contributed by atoms with Gasteiger partial charge in [0.2, 0.25) is 5.91 Å². The van der Waals surface area contributed by atoms with E-state index in [4.69, 9.17) is 4.42 Å². The molecule has 0 saturated carbocycles. The van der Waals surface area contributed by atoms with Crippen molar-refractivity contribution in [3.63, 3.8) is 0 Å². The SMILES string of the molecule is O=C(Cc1coc2cc3c(cc12)CCC3)NC1(C(=O)O)CCSCC1. The fourth-order valence-electron chi connectivity index (χ4n) is 3.88. The average molecular weight is 359 g/mol. The van der Waals surface area contributed by atoms with Gasteiger partial charge in [-0.3, -0.25) is 4.79 Å². The van der Waals surface area contributed by atoms with Crippen LogP contribution in [0.1, 0.15) is 36.0 Å². The number of fused-ring (bicyclic) bond motifs is 2. The Balaban J connectivity index is 1.54. The van der Waals surface area contributed by atoms with E-state index in [2.05, 4.69) is 17.4 Å². The molecular formula is C19H21NO4S. The number of hydrogen-bond acceptors (Lipinski definition) is 4.